The molecule has 0 amide bonds. The van der Waals surface area contributed by atoms with Crippen LogP contribution in [-0.2, 0) is 6.54 Å². The summed E-state index contributed by atoms with van der Waals surface area (Å²) >= 11 is 0. The van der Waals surface area contributed by atoms with E-state index >= 15 is 0 Å². The number of aromatic amines is 1. The minimum Gasteiger partial charge on any atom is -0.542 e. The first-order chi connectivity index (χ1) is 6.75. The van der Waals surface area contributed by atoms with Crippen LogP contribution in [0.5, 0.6) is 0 Å². The van der Waals surface area contributed by atoms with Crippen molar-refractivity contribution in [3.63, 3.8) is 0 Å². The average molecular weight is 192 g/mol. The van der Waals surface area contributed by atoms with E-state index in [1.165, 1.54) is 6.07 Å². The lowest BCUT2D eigenvalue weighted by atomic mass is 10.4. The molecule has 2 aromatic heterocycles. The van der Waals surface area contributed by atoms with Gasteiger partial charge >= 0.3 is 0 Å². The second-order valence-electron chi connectivity index (χ2n) is 2.82. The number of carbonyl (C=O) groups excluding carboxylic acids is 1. The summed E-state index contributed by atoms with van der Waals surface area (Å²) in [4.78, 5) is 10.4. The maximum absolute atomic E-state index is 10.4. The molecule has 0 saturated carbocycles. The first-order valence-electron chi connectivity index (χ1n) is 4.08. The third-order valence-corrected chi connectivity index (χ3v) is 1.79. The lowest BCUT2D eigenvalue weighted by molar-refractivity contribution is -0.743. The molecule has 0 aromatic carbocycles. The number of rotatable bonds is 3. The van der Waals surface area contributed by atoms with Crippen LogP contribution < -0.4 is 9.79 Å². The molecule has 0 spiro atoms. The molecule has 2 rings (SSSR count). The van der Waals surface area contributed by atoms with Gasteiger partial charge in [-0.25, -0.2) is 0 Å². The zero-order chi connectivity index (χ0) is 9.97. The molecule has 5 heteroatoms. The van der Waals surface area contributed by atoms with Crippen molar-refractivity contribution < 1.29 is 19.0 Å². The maximum atomic E-state index is 10.4. The molecule has 2 aromatic rings. The van der Waals surface area contributed by atoms with Crippen molar-refractivity contribution in [1.82, 2.24) is 5.10 Å². The zero-order valence-electron chi connectivity index (χ0n) is 7.27. The van der Waals surface area contributed by atoms with Gasteiger partial charge in [0.15, 0.2) is 12.0 Å². The van der Waals surface area contributed by atoms with Gasteiger partial charge in [0.05, 0.1) is 6.20 Å². The predicted molar refractivity (Wildman–Crippen MR) is 43.1 cm³/mol. The molecule has 0 aliphatic carbocycles. The van der Waals surface area contributed by atoms with Gasteiger partial charge in [-0.3, -0.25) is 0 Å². The van der Waals surface area contributed by atoms with Crippen LogP contribution in [0.1, 0.15) is 16.3 Å². The number of nitrogens with one attached hydrogen (secondary N) is 1. The highest BCUT2D eigenvalue weighted by atomic mass is 16.4. The Kier molecular flexibility index (Phi) is 2.06. The number of nitrogens with zero attached hydrogens (tertiary/aromatic N) is 1. The molecule has 0 atom stereocenters. The third-order valence-electron chi connectivity index (χ3n) is 1.79. The quantitative estimate of drug-likeness (QED) is 0.654. The first kappa shape index (κ1) is 8.55. The van der Waals surface area contributed by atoms with E-state index in [2.05, 4.69) is 5.10 Å². The zero-order valence-corrected chi connectivity index (χ0v) is 7.27. The topological polar surface area (TPSA) is 72.9 Å². The molecule has 0 bridgehead atoms. The Hall–Kier alpha value is -2.04. The summed E-state index contributed by atoms with van der Waals surface area (Å²) in [6.45, 7) is 0.472. The second kappa shape index (κ2) is 3.37. The van der Waals surface area contributed by atoms with Gasteiger partial charge in [-0.05, 0) is 12.1 Å². The minimum absolute atomic E-state index is 0.146. The van der Waals surface area contributed by atoms with Gasteiger partial charge in [-0.15, -0.1) is 4.68 Å². The van der Waals surface area contributed by atoms with Crippen molar-refractivity contribution in [1.29, 1.82) is 0 Å². The van der Waals surface area contributed by atoms with Gasteiger partial charge in [0.25, 0.3) is 0 Å². The highest BCUT2D eigenvalue weighted by Gasteiger charge is 2.08. The molecule has 72 valence electrons. The fourth-order valence-electron chi connectivity index (χ4n) is 1.17. The van der Waals surface area contributed by atoms with Gasteiger partial charge in [0, 0.05) is 6.07 Å². The van der Waals surface area contributed by atoms with Gasteiger partial charge in [-0.1, -0.05) is 0 Å². The fourth-order valence-corrected chi connectivity index (χ4v) is 1.17. The summed E-state index contributed by atoms with van der Waals surface area (Å²) in [5, 5.41) is 13.3. The van der Waals surface area contributed by atoms with E-state index in [1.54, 1.807) is 16.9 Å². The van der Waals surface area contributed by atoms with Gasteiger partial charge < -0.3 is 14.3 Å². The molecule has 0 aliphatic heterocycles. The summed E-state index contributed by atoms with van der Waals surface area (Å²) in [5.41, 5.74) is 0. The summed E-state index contributed by atoms with van der Waals surface area (Å²) in [6.07, 6.45) is 3.59. The number of furan rings is 1. The molecule has 14 heavy (non-hydrogen) atoms. The number of carboxylic acid groups (broad SMARTS) is 1. The summed E-state index contributed by atoms with van der Waals surface area (Å²) in [7, 11) is 0. The second-order valence-corrected chi connectivity index (χ2v) is 2.82. The van der Waals surface area contributed by atoms with Crippen LogP contribution in [0.3, 0.4) is 0 Å². The normalized spacial score (nSPS) is 10.3. The Bertz CT molecular complexity index is 431. The predicted octanol–water partition coefficient (Wildman–Crippen LogP) is -0.693. The number of H-pyrrole nitrogens is 1. The van der Waals surface area contributed by atoms with Gasteiger partial charge in [0.2, 0.25) is 6.54 Å². The van der Waals surface area contributed by atoms with E-state index in [0.29, 0.717) is 12.3 Å². The van der Waals surface area contributed by atoms with Crippen molar-refractivity contribution in [3.8, 4) is 0 Å². The maximum Gasteiger partial charge on any atom is 0.229 e. The minimum atomic E-state index is -1.30. The van der Waals surface area contributed by atoms with Crippen molar-refractivity contribution >= 4 is 5.97 Å². The molecular weight excluding hydrogens is 184 g/mol. The van der Waals surface area contributed by atoms with Crippen molar-refractivity contribution in [2.45, 2.75) is 6.54 Å². The van der Waals surface area contributed by atoms with E-state index in [4.69, 9.17) is 4.42 Å². The van der Waals surface area contributed by atoms with E-state index in [9.17, 15) is 9.90 Å². The molecule has 1 N–H and O–H groups in total. The van der Waals surface area contributed by atoms with Crippen molar-refractivity contribution in [2.24, 2.45) is 0 Å². The lowest BCUT2D eigenvalue weighted by Crippen LogP contribution is -2.34. The Morgan fingerprint density at radius 1 is 1.57 bits per heavy atom. The number of carboxylic acids is 1. The van der Waals surface area contributed by atoms with Crippen LogP contribution in [0.2, 0.25) is 0 Å². The molecular formula is C9H8N2O3. The molecule has 2 heterocycles. The average Bonchev–Trinajstić information content (AvgIpc) is 2.75. The van der Waals surface area contributed by atoms with Crippen LogP contribution in [0.25, 0.3) is 0 Å². The summed E-state index contributed by atoms with van der Waals surface area (Å²) in [6, 6.07) is 4.83. The number of aromatic carboxylic acids is 1. The fraction of sp³-hybridized carbons (Fsp3) is 0.111. The number of hydrogen-bond acceptors (Lipinski definition) is 3. The highest BCUT2D eigenvalue weighted by Crippen LogP contribution is 2.05. The van der Waals surface area contributed by atoms with E-state index < -0.39 is 5.97 Å². The summed E-state index contributed by atoms with van der Waals surface area (Å²) < 4.78 is 6.78. The molecule has 0 aliphatic rings. The van der Waals surface area contributed by atoms with Crippen LogP contribution in [0.4, 0.5) is 0 Å². The first-order valence-corrected chi connectivity index (χ1v) is 4.08. The third kappa shape index (κ3) is 1.66. The number of aromatic nitrogens is 2. The molecule has 5 nitrogen and oxygen atoms in total. The van der Waals surface area contributed by atoms with Crippen molar-refractivity contribution in [2.75, 3.05) is 0 Å². The van der Waals surface area contributed by atoms with E-state index in [1.807, 2.05) is 12.3 Å². The van der Waals surface area contributed by atoms with Gasteiger partial charge in [0.1, 0.15) is 11.7 Å². The Labute approximate surface area is 79.6 Å². The molecule has 0 fully saturated rings. The lowest BCUT2D eigenvalue weighted by Gasteiger charge is -1.94. The number of hydrogen-bond donors (Lipinski definition) is 1. The SMILES string of the molecule is O=C([O-])c1ccc(C[n+]2ccc[nH]2)o1. The van der Waals surface area contributed by atoms with Crippen LogP contribution in [0, 0.1) is 0 Å². The van der Waals surface area contributed by atoms with E-state index in [-0.39, 0.29) is 5.76 Å². The summed E-state index contributed by atoms with van der Waals surface area (Å²) in [5.74, 6) is -0.878. The Morgan fingerprint density at radius 2 is 2.43 bits per heavy atom. The van der Waals surface area contributed by atoms with Crippen LogP contribution >= 0.6 is 0 Å². The highest BCUT2D eigenvalue weighted by molar-refractivity contribution is 5.82. The van der Waals surface area contributed by atoms with Crippen LogP contribution in [-0.4, -0.2) is 11.1 Å². The number of carbonyl (C=O) groups is 1. The molecule has 0 unspecified atom stereocenters. The van der Waals surface area contributed by atoms with E-state index in [0.717, 1.165) is 0 Å². The van der Waals surface area contributed by atoms with Crippen molar-refractivity contribution in [3.05, 3.63) is 42.1 Å². The Balaban J connectivity index is 2.14. The largest absolute Gasteiger partial charge is 0.542 e. The molecule has 0 radical (unpaired) electrons. The Morgan fingerprint density at radius 3 is 3.00 bits per heavy atom. The van der Waals surface area contributed by atoms with Crippen LogP contribution in [0.15, 0.2) is 35.0 Å². The van der Waals surface area contributed by atoms with Gasteiger partial charge in [-0.2, -0.15) is 5.10 Å². The smallest absolute Gasteiger partial charge is 0.229 e. The monoisotopic (exact) mass is 192 g/mol. The molecule has 0 saturated heterocycles. The standard InChI is InChI=1S/C9H8N2O3/c12-9(13)8-3-2-7(14-8)6-11-5-1-4-10-11/h1-5H,6H2,(H,12,13).